The second-order valence-corrected chi connectivity index (χ2v) is 3.49. The second-order valence-electron chi connectivity index (χ2n) is 3.49. The van der Waals surface area contributed by atoms with Crippen LogP contribution in [0.2, 0.25) is 0 Å². The normalized spacial score (nSPS) is 10.5. The Morgan fingerprint density at radius 2 is 2.27 bits per heavy atom. The maximum Gasteiger partial charge on any atom is 0.149 e. The molecule has 0 unspecified atom stereocenters. The van der Waals surface area contributed by atoms with E-state index in [9.17, 15) is 4.39 Å². The molecule has 0 aliphatic carbocycles. The van der Waals surface area contributed by atoms with Crippen molar-refractivity contribution >= 4 is 0 Å². The third-order valence-corrected chi connectivity index (χ3v) is 2.30. The molecule has 0 atom stereocenters. The average molecular weight is 204 g/mol. The van der Waals surface area contributed by atoms with Crippen molar-refractivity contribution in [2.75, 3.05) is 0 Å². The third kappa shape index (κ3) is 2.06. The molecule has 0 aliphatic rings. The minimum Gasteiger partial charge on any atom is -0.238 e. The summed E-state index contributed by atoms with van der Waals surface area (Å²) in [6, 6.07) is 7.08. The monoisotopic (exact) mass is 204 g/mol. The fraction of sp³-hybridized carbons (Fsp3) is 0.250. The molecule has 2 rings (SSSR count). The maximum atomic E-state index is 13.7. The Bertz CT molecular complexity index is 435. The van der Waals surface area contributed by atoms with Crippen molar-refractivity contribution in [3.05, 3.63) is 48.0 Å². The summed E-state index contributed by atoms with van der Waals surface area (Å²) in [6.45, 7) is 2.08. The molecular formula is C12H13FN2. The molecule has 1 aromatic carbocycles. The van der Waals surface area contributed by atoms with Crippen LogP contribution < -0.4 is 0 Å². The summed E-state index contributed by atoms with van der Waals surface area (Å²) in [5.41, 5.74) is 1.53. The predicted octanol–water partition coefficient (Wildman–Crippen LogP) is 2.96. The van der Waals surface area contributed by atoms with Gasteiger partial charge in [-0.3, -0.25) is 0 Å². The molecule has 78 valence electrons. The van der Waals surface area contributed by atoms with Crippen LogP contribution in [0.3, 0.4) is 0 Å². The van der Waals surface area contributed by atoms with E-state index in [4.69, 9.17) is 0 Å². The maximum absolute atomic E-state index is 13.7. The number of aromatic nitrogens is 2. The Labute approximate surface area is 88.4 Å². The number of rotatable bonds is 3. The molecule has 0 amide bonds. The number of benzene rings is 1. The molecule has 0 N–H and O–H groups in total. The zero-order valence-electron chi connectivity index (χ0n) is 8.65. The second kappa shape index (κ2) is 4.26. The molecule has 0 fully saturated rings. The number of hydrogen-bond donors (Lipinski definition) is 0. The average Bonchev–Trinajstić information content (AvgIpc) is 2.71. The lowest BCUT2D eigenvalue weighted by Crippen LogP contribution is -1.99. The molecule has 0 saturated carbocycles. The highest BCUT2D eigenvalue weighted by Crippen LogP contribution is 2.15. The summed E-state index contributed by atoms with van der Waals surface area (Å²) < 4.78 is 15.2. The summed E-state index contributed by atoms with van der Waals surface area (Å²) in [5, 5.41) is 4.00. The van der Waals surface area contributed by atoms with Crippen LogP contribution >= 0.6 is 0 Å². The summed E-state index contributed by atoms with van der Waals surface area (Å²) in [4.78, 5) is 0. The zero-order chi connectivity index (χ0) is 10.7. The van der Waals surface area contributed by atoms with Crippen molar-refractivity contribution in [1.29, 1.82) is 0 Å². The lowest BCUT2D eigenvalue weighted by Gasteiger charge is -2.05. The van der Waals surface area contributed by atoms with Crippen LogP contribution in [0.5, 0.6) is 0 Å². The highest BCUT2D eigenvalue weighted by atomic mass is 19.1. The van der Waals surface area contributed by atoms with E-state index in [1.54, 1.807) is 30.6 Å². The highest BCUT2D eigenvalue weighted by molar-refractivity contribution is 5.35. The van der Waals surface area contributed by atoms with Crippen LogP contribution in [0, 0.1) is 5.82 Å². The number of hydrogen-bond acceptors (Lipinski definition) is 1. The van der Waals surface area contributed by atoms with Gasteiger partial charge in [-0.1, -0.05) is 19.4 Å². The Morgan fingerprint density at radius 1 is 1.40 bits per heavy atom. The standard InChI is InChI=1S/C12H13FN2/c1-2-4-10-5-6-12(11(13)9-10)15-8-3-7-14-15/h3,5-9H,2,4H2,1H3. The molecular weight excluding hydrogens is 191 g/mol. The van der Waals surface area contributed by atoms with E-state index in [1.165, 1.54) is 4.68 Å². The van der Waals surface area contributed by atoms with E-state index >= 15 is 0 Å². The topological polar surface area (TPSA) is 17.8 Å². The highest BCUT2D eigenvalue weighted by Gasteiger charge is 2.04. The van der Waals surface area contributed by atoms with E-state index < -0.39 is 0 Å². The van der Waals surface area contributed by atoms with Crippen LogP contribution in [-0.2, 0) is 6.42 Å². The molecule has 2 aromatic rings. The molecule has 1 heterocycles. The van der Waals surface area contributed by atoms with Gasteiger partial charge in [-0.15, -0.1) is 0 Å². The van der Waals surface area contributed by atoms with E-state index in [0.717, 1.165) is 18.4 Å². The van der Waals surface area contributed by atoms with E-state index in [1.807, 2.05) is 6.07 Å². The molecule has 2 nitrogen and oxygen atoms in total. The molecule has 0 spiro atoms. The molecule has 0 saturated heterocycles. The number of halogens is 1. The van der Waals surface area contributed by atoms with E-state index in [-0.39, 0.29) is 5.82 Å². The lowest BCUT2D eigenvalue weighted by atomic mass is 10.1. The van der Waals surface area contributed by atoms with Gasteiger partial charge in [0.15, 0.2) is 0 Å². The summed E-state index contributed by atoms with van der Waals surface area (Å²) >= 11 is 0. The summed E-state index contributed by atoms with van der Waals surface area (Å²) in [5.74, 6) is -0.218. The molecule has 0 radical (unpaired) electrons. The molecule has 0 aliphatic heterocycles. The van der Waals surface area contributed by atoms with Gasteiger partial charge in [-0.05, 0) is 30.2 Å². The van der Waals surface area contributed by atoms with Gasteiger partial charge in [0.05, 0.1) is 0 Å². The third-order valence-electron chi connectivity index (χ3n) is 2.30. The Morgan fingerprint density at radius 3 is 2.87 bits per heavy atom. The first-order valence-electron chi connectivity index (χ1n) is 5.09. The first-order valence-corrected chi connectivity index (χ1v) is 5.09. The molecule has 0 bridgehead atoms. The fourth-order valence-electron chi connectivity index (χ4n) is 1.59. The van der Waals surface area contributed by atoms with Crippen molar-refractivity contribution in [1.82, 2.24) is 9.78 Å². The largest absolute Gasteiger partial charge is 0.238 e. The molecule has 3 heteroatoms. The zero-order valence-corrected chi connectivity index (χ0v) is 8.65. The van der Waals surface area contributed by atoms with Gasteiger partial charge in [0, 0.05) is 12.4 Å². The van der Waals surface area contributed by atoms with Crippen molar-refractivity contribution in [3.8, 4) is 5.69 Å². The summed E-state index contributed by atoms with van der Waals surface area (Å²) in [6.07, 6.45) is 5.31. The number of nitrogens with zero attached hydrogens (tertiary/aromatic N) is 2. The Kier molecular flexibility index (Phi) is 2.81. The minimum absolute atomic E-state index is 0.218. The lowest BCUT2D eigenvalue weighted by molar-refractivity contribution is 0.608. The molecule has 15 heavy (non-hydrogen) atoms. The SMILES string of the molecule is CCCc1ccc(-n2cccn2)c(F)c1. The summed E-state index contributed by atoms with van der Waals surface area (Å²) in [7, 11) is 0. The fourth-order valence-corrected chi connectivity index (χ4v) is 1.59. The van der Waals surface area contributed by atoms with Crippen LogP contribution in [0.1, 0.15) is 18.9 Å². The van der Waals surface area contributed by atoms with Crippen LogP contribution in [0.25, 0.3) is 5.69 Å². The van der Waals surface area contributed by atoms with Gasteiger partial charge in [-0.25, -0.2) is 9.07 Å². The van der Waals surface area contributed by atoms with Gasteiger partial charge in [0.1, 0.15) is 11.5 Å². The van der Waals surface area contributed by atoms with Gasteiger partial charge in [0.25, 0.3) is 0 Å². The minimum atomic E-state index is -0.218. The van der Waals surface area contributed by atoms with Gasteiger partial charge in [-0.2, -0.15) is 5.10 Å². The van der Waals surface area contributed by atoms with Gasteiger partial charge >= 0.3 is 0 Å². The van der Waals surface area contributed by atoms with Gasteiger partial charge < -0.3 is 0 Å². The van der Waals surface area contributed by atoms with Crippen molar-refractivity contribution in [2.24, 2.45) is 0 Å². The van der Waals surface area contributed by atoms with E-state index in [2.05, 4.69) is 12.0 Å². The Balaban J connectivity index is 2.35. The predicted molar refractivity (Wildman–Crippen MR) is 57.5 cm³/mol. The van der Waals surface area contributed by atoms with Crippen molar-refractivity contribution < 1.29 is 4.39 Å². The van der Waals surface area contributed by atoms with Gasteiger partial charge in [0.2, 0.25) is 0 Å². The first kappa shape index (κ1) is 9.90. The quantitative estimate of drug-likeness (QED) is 0.751. The smallest absolute Gasteiger partial charge is 0.149 e. The Hall–Kier alpha value is -1.64. The number of aryl methyl sites for hydroxylation is 1. The van der Waals surface area contributed by atoms with Crippen LogP contribution in [-0.4, -0.2) is 9.78 Å². The van der Waals surface area contributed by atoms with Crippen LogP contribution in [0.4, 0.5) is 4.39 Å². The first-order chi connectivity index (χ1) is 7.31. The van der Waals surface area contributed by atoms with Crippen molar-refractivity contribution in [2.45, 2.75) is 19.8 Å². The van der Waals surface area contributed by atoms with Crippen molar-refractivity contribution in [3.63, 3.8) is 0 Å². The molecule has 1 aromatic heterocycles. The van der Waals surface area contributed by atoms with Crippen LogP contribution in [0.15, 0.2) is 36.7 Å². The van der Waals surface area contributed by atoms with E-state index in [0.29, 0.717) is 5.69 Å².